The number of nitrogens with zero attached hydrogens (tertiary/aromatic N) is 1. The average molecular weight is 275 g/mol. The van der Waals surface area contributed by atoms with Crippen molar-refractivity contribution in [2.45, 2.75) is 12.8 Å². The molecule has 0 aliphatic heterocycles. The van der Waals surface area contributed by atoms with Gasteiger partial charge in [0.25, 0.3) is 0 Å². The predicted octanol–water partition coefficient (Wildman–Crippen LogP) is 4.28. The zero-order valence-electron chi connectivity index (χ0n) is 11.9. The van der Waals surface area contributed by atoms with Gasteiger partial charge in [-0.3, -0.25) is 4.98 Å². The summed E-state index contributed by atoms with van der Waals surface area (Å²) in [6.07, 6.45) is 1.82. The number of rotatable bonds is 3. The SMILES string of the molecule is Cc1ccc(C(c2ccc(O)cc2)c2ccccn2)cc1. The number of benzene rings is 2. The highest BCUT2D eigenvalue weighted by molar-refractivity contribution is 5.42. The molecule has 0 spiro atoms. The number of aromatic hydroxyl groups is 1. The molecule has 1 N–H and O–H groups in total. The molecule has 0 radical (unpaired) electrons. The van der Waals surface area contributed by atoms with Crippen molar-refractivity contribution in [3.8, 4) is 5.75 Å². The molecular formula is C19H17NO. The van der Waals surface area contributed by atoms with E-state index in [1.54, 1.807) is 12.1 Å². The van der Waals surface area contributed by atoms with E-state index in [0.717, 1.165) is 11.3 Å². The minimum absolute atomic E-state index is 0.0763. The molecule has 0 aliphatic rings. The molecule has 2 nitrogen and oxygen atoms in total. The maximum atomic E-state index is 9.50. The summed E-state index contributed by atoms with van der Waals surface area (Å²) in [6, 6.07) is 21.8. The number of hydrogen-bond donors (Lipinski definition) is 1. The second-order valence-corrected chi connectivity index (χ2v) is 5.19. The molecule has 3 aromatic rings. The fraction of sp³-hybridized carbons (Fsp3) is 0.105. The van der Waals surface area contributed by atoms with Crippen LogP contribution >= 0.6 is 0 Å². The van der Waals surface area contributed by atoms with Crippen LogP contribution in [-0.2, 0) is 0 Å². The first-order valence-electron chi connectivity index (χ1n) is 7.00. The van der Waals surface area contributed by atoms with Crippen molar-refractivity contribution in [2.75, 3.05) is 0 Å². The van der Waals surface area contributed by atoms with Gasteiger partial charge in [0, 0.05) is 6.20 Å². The maximum absolute atomic E-state index is 9.50. The van der Waals surface area contributed by atoms with Crippen molar-refractivity contribution in [2.24, 2.45) is 0 Å². The number of aryl methyl sites for hydroxylation is 1. The highest BCUT2D eigenvalue weighted by Gasteiger charge is 2.17. The number of hydrogen-bond acceptors (Lipinski definition) is 2. The molecule has 104 valence electrons. The molecule has 0 fully saturated rings. The highest BCUT2D eigenvalue weighted by Crippen LogP contribution is 2.31. The van der Waals surface area contributed by atoms with Gasteiger partial charge >= 0.3 is 0 Å². The largest absolute Gasteiger partial charge is 0.508 e. The molecule has 1 atom stereocenters. The first-order chi connectivity index (χ1) is 10.2. The third-order valence-electron chi connectivity index (χ3n) is 3.62. The molecule has 1 aromatic heterocycles. The highest BCUT2D eigenvalue weighted by atomic mass is 16.3. The van der Waals surface area contributed by atoms with E-state index in [0.29, 0.717) is 0 Å². The van der Waals surface area contributed by atoms with Crippen LogP contribution in [0.15, 0.2) is 72.9 Å². The Balaban J connectivity index is 2.11. The molecule has 21 heavy (non-hydrogen) atoms. The summed E-state index contributed by atoms with van der Waals surface area (Å²) in [7, 11) is 0. The van der Waals surface area contributed by atoms with Crippen LogP contribution in [0.2, 0.25) is 0 Å². The van der Waals surface area contributed by atoms with E-state index >= 15 is 0 Å². The van der Waals surface area contributed by atoms with Crippen LogP contribution in [0.4, 0.5) is 0 Å². The van der Waals surface area contributed by atoms with E-state index in [-0.39, 0.29) is 11.7 Å². The monoisotopic (exact) mass is 275 g/mol. The number of pyridine rings is 1. The zero-order valence-corrected chi connectivity index (χ0v) is 11.9. The van der Waals surface area contributed by atoms with Crippen LogP contribution in [0, 0.1) is 6.92 Å². The van der Waals surface area contributed by atoms with E-state index in [9.17, 15) is 5.11 Å². The van der Waals surface area contributed by atoms with E-state index < -0.39 is 0 Å². The molecule has 3 rings (SSSR count). The van der Waals surface area contributed by atoms with Gasteiger partial charge in [0.05, 0.1) is 11.6 Å². The topological polar surface area (TPSA) is 33.1 Å². The normalized spacial score (nSPS) is 12.0. The van der Waals surface area contributed by atoms with Gasteiger partial charge in [-0.2, -0.15) is 0 Å². The molecular weight excluding hydrogens is 258 g/mol. The summed E-state index contributed by atoms with van der Waals surface area (Å²) in [5, 5.41) is 9.50. The van der Waals surface area contributed by atoms with E-state index in [1.165, 1.54) is 11.1 Å². The van der Waals surface area contributed by atoms with Crippen LogP contribution in [0.5, 0.6) is 5.75 Å². The first kappa shape index (κ1) is 13.4. The average Bonchev–Trinajstić information content (AvgIpc) is 2.52. The van der Waals surface area contributed by atoms with Crippen molar-refractivity contribution in [3.05, 3.63) is 95.3 Å². The maximum Gasteiger partial charge on any atom is 0.115 e. The van der Waals surface area contributed by atoms with Crippen LogP contribution in [0.1, 0.15) is 28.3 Å². The lowest BCUT2D eigenvalue weighted by Crippen LogP contribution is -2.05. The van der Waals surface area contributed by atoms with Gasteiger partial charge in [-0.15, -0.1) is 0 Å². The standard InChI is InChI=1S/C19H17NO/c1-14-5-7-15(8-6-14)19(18-4-2-3-13-20-18)16-9-11-17(21)12-10-16/h2-13,19,21H,1H3. The minimum Gasteiger partial charge on any atom is -0.508 e. The molecule has 2 aromatic carbocycles. The van der Waals surface area contributed by atoms with Crippen molar-refractivity contribution in [1.82, 2.24) is 4.98 Å². The smallest absolute Gasteiger partial charge is 0.115 e. The lowest BCUT2D eigenvalue weighted by molar-refractivity contribution is 0.475. The minimum atomic E-state index is 0.0763. The van der Waals surface area contributed by atoms with Crippen LogP contribution in [0.3, 0.4) is 0 Å². The Labute approximate surface area is 124 Å². The Hall–Kier alpha value is -2.61. The Morgan fingerprint density at radius 3 is 2.00 bits per heavy atom. The van der Waals surface area contributed by atoms with E-state index in [1.807, 2.05) is 36.5 Å². The molecule has 0 saturated carbocycles. The second kappa shape index (κ2) is 5.80. The number of phenolic OH excluding ortho intramolecular Hbond substituents is 1. The molecule has 0 aliphatic carbocycles. The summed E-state index contributed by atoms with van der Waals surface area (Å²) in [4.78, 5) is 4.51. The third-order valence-corrected chi connectivity index (χ3v) is 3.62. The van der Waals surface area contributed by atoms with Crippen molar-refractivity contribution >= 4 is 0 Å². The van der Waals surface area contributed by atoms with Gasteiger partial charge in [-0.1, -0.05) is 48.0 Å². The molecule has 0 saturated heterocycles. The summed E-state index contributed by atoms with van der Waals surface area (Å²) in [5.41, 5.74) is 4.57. The number of aromatic nitrogens is 1. The molecule has 1 unspecified atom stereocenters. The fourth-order valence-electron chi connectivity index (χ4n) is 2.51. The number of phenols is 1. The van der Waals surface area contributed by atoms with Gasteiger partial charge in [0.15, 0.2) is 0 Å². The Bertz CT molecular complexity index is 657. The van der Waals surface area contributed by atoms with Crippen molar-refractivity contribution in [1.29, 1.82) is 0 Å². The first-order valence-corrected chi connectivity index (χ1v) is 7.00. The quantitative estimate of drug-likeness (QED) is 0.774. The second-order valence-electron chi connectivity index (χ2n) is 5.19. The van der Waals surface area contributed by atoms with E-state index in [4.69, 9.17) is 0 Å². The molecule has 2 heteroatoms. The van der Waals surface area contributed by atoms with Crippen LogP contribution in [-0.4, -0.2) is 10.1 Å². The predicted molar refractivity (Wildman–Crippen MR) is 84.5 cm³/mol. The molecule has 0 amide bonds. The lowest BCUT2D eigenvalue weighted by atomic mass is 9.88. The Kier molecular flexibility index (Phi) is 3.69. The van der Waals surface area contributed by atoms with Gasteiger partial charge in [0.2, 0.25) is 0 Å². The fourth-order valence-corrected chi connectivity index (χ4v) is 2.51. The van der Waals surface area contributed by atoms with Crippen molar-refractivity contribution < 1.29 is 5.11 Å². The lowest BCUT2D eigenvalue weighted by Gasteiger charge is -2.18. The zero-order chi connectivity index (χ0) is 14.7. The van der Waals surface area contributed by atoms with Gasteiger partial charge in [-0.25, -0.2) is 0 Å². The molecule has 1 heterocycles. The summed E-state index contributed by atoms with van der Waals surface area (Å²) in [5.74, 6) is 0.356. The van der Waals surface area contributed by atoms with Crippen LogP contribution in [0.25, 0.3) is 0 Å². The van der Waals surface area contributed by atoms with E-state index in [2.05, 4.69) is 36.2 Å². The summed E-state index contributed by atoms with van der Waals surface area (Å²) in [6.45, 7) is 2.08. The van der Waals surface area contributed by atoms with Gasteiger partial charge in [-0.05, 0) is 42.3 Å². The van der Waals surface area contributed by atoms with Crippen LogP contribution < -0.4 is 0 Å². The summed E-state index contributed by atoms with van der Waals surface area (Å²) < 4.78 is 0. The van der Waals surface area contributed by atoms with Gasteiger partial charge in [0.1, 0.15) is 5.75 Å². The van der Waals surface area contributed by atoms with Crippen molar-refractivity contribution in [3.63, 3.8) is 0 Å². The summed E-state index contributed by atoms with van der Waals surface area (Å²) >= 11 is 0. The Morgan fingerprint density at radius 2 is 1.43 bits per heavy atom. The molecule has 0 bridgehead atoms. The Morgan fingerprint density at radius 1 is 0.810 bits per heavy atom. The third kappa shape index (κ3) is 2.95. The van der Waals surface area contributed by atoms with Gasteiger partial charge < -0.3 is 5.11 Å².